The van der Waals surface area contributed by atoms with Crippen LogP contribution in [-0.2, 0) is 0 Å². The Balaban J connectivity index is 1.87. The van der Waals surface area contributed by atoms with Gasteiger partial charge in [-0.05, 0) is 42.9 Å². The number of rotatable bonds is 4. The van der Waals surface area contributed by atoms with Gasteiger partial charge >= 0.3 is 5.69 Å². The zero-order valence-electron chi connectivity index (χ0n) is 13.9. The van der Waals surface area contributed by atoms with E-state index in [4.69, 9.17) is 5.73 Å². The maximum Gasteiger partial charge on any atom is 0.305 e. The molecule has 0 saturated carbocycles. The quantitative estimate of drug-likeness (QED) is 0.682. The molecule has 1 aliphatic heterocycles. The highest BCUT2D eigenvalue weighted by molar-refractivity contribution is 5.99. The molecule has 2 aromatic rings. The minimum atomic E-state index is -0.773. The third kappa shape index (κ3) is 3.63. The molecular formula is C19H21N3O3. The van der Waals surface area contributed by atoms with Crippen molar-refractivity contribution in [3.63, 3.8) is 0 Å². The molecule has 130 valence electrons. The molecule has 25 heavy (non-hydrogen) atoms. The number of carbonyl (C=O) groups excluding carboxylic acids is 1. The van der Waals surface area contributed by atoms with Crippen LogP contribution >= 0.6 is 0 Å². The zero-order chi connectivity index (χ0) is 17.8. The van der Waals surface area contributed by atoms with Crippen molar-refractivity contribution >= 4 is 17.3 Å². The van der Waals surface area contributed by atoms with Gasteiger partial charge in [-0.1, -0.05) is 36.4 Å². The van der Waals surface area contributed by atoms with Gasteiger partial charge in [0.15, 0.2) is 0 Å². The van der Waals surface area contributed by atoms with E-state index in [9.17, 15) is 14.9 Å². The number of nitro benzene ring substituents is 1. The van der Waals surface area contributed by atoms with Crippen LogP contribution in [0, 0.1) is 10.1 Å². The summed E-state index contributed by atoms with van der Waals surface area (Å²) in [7, 11) is 0. The van der Waals surface area contributed by atoms with Gasteiger partial charge in [-0.3, -0.25) is 14.9 Å². The SMILES string of the molecule is NC(=O)c1cccc(N2CCC[C@@H](c3ccccc3)CC2)c1[N+](=O)[O-]. The third-order valence-corrected chi connectivity index (χ3v) is 4.80. The summed E-state index contributed by atoms with van der Waals surface area (Å²) in [5.74, 6) is -0.324. The average molecular weight is 339 g/mol. The molecule has 0 bridgehead atoms. The molecule has 0 aliphatic carbocycles. The summed E-state index contributed by atoms with van der Waals surface area (Å²) in [6.45, 7) is 1.44. The summed E-state index contributed by atoms with van der Waals surface area (Å²) in [4.78, 5) is 24.6. The second-order valence-electron chi connectivity index (χ2n) is 6.32. The number of amides is 1. The Morgan fingerprint density at radius 3 is 2.52 bits per heavy atom. The fourth-order valence-electron chi connectivity index (χ4n) is 3.57. The Labute approximate surface area is 146 Å². The Morgan fingerprint density at radius 2 is 1.84 bits per heavy atom. The minimum absolute atomic E-state index is 0.0358. The van der Waals surface area contributed by atoms with E-state index in [1.807, 2.05) is 23.1 Å². The summed E-state index contributed by atoms with van der Waals surface area (Å²) in [6.07, 6.45) is 2.91. The smallest absolute Gasteiger partial charge is 0.305 e. The summed E-state index contributed by atoms with van der Waals surface area (Å²) >= 11 is 0. The van der Waals surface area contributed by atoms with E-state index in [0.29, 0.717) is 18.2 Å². The molecule has 6 heteroatoms. The van der Waals surface area contributed by atoms with Crippen molar-refractivity contribution in [1.82, 2.24) is 0 Å². The van der Waals surface area contributed by atoms with Crippen LogP contribution in [0.15, 0.2) is 48.5 Å². The first kappa shape index (κ1) is 17.0. The molecule has 0 spiro atoms. The lowest BCUT2D eigenvalue weighted by Gasteiger charge is -2.23. The Morgan fingerprint density at radius 1 is 1.08 bits per heavy atom. The molecule has 1 saturated heterocycles. The number of hydrogen-bond acceptors (Lipinski definition) is 4. The van der Waals surface area contributed by atoms with Gasteiger partial charge in [0.2, 0.25) is 0 Å². The predicted molar refractivity (Wildman–Crippen MR) is 96.9 cm³/mol. The average Bonchev–Trinajstić information content (AvgIpc) is 2.87. The van der Waals surface area contributed by atoms with Crippen molar-refractivity contribution in [3.8, 4) is 0 Å². The number of hydrogen-bond donors (Lipinski definition) is 1. The van der Waals surface area contributed by atoms with Crippen molar-refractivity contribution in [2.24, 2.45) is 5.73 Å². The van der Waals surface area contributed by atoms with E-state index in [2.05, 4.69) is 12.1 Å². The van der Waals surface area contributed by atoms with Crippen LogP contribution in [0.1, 0.15) is 41.1 Å². The normalized spacial score (nSPS) is 17.8. The van der Waals surface area contributed by atoms with Crippen LogP contribution in [0.3, 0.4) is 0 Å². The molecule has 6 nitrogen and oxygen atoms in total. The standard InChI is InChI=1S/C19H21N3O3/c20-19(23)16-9-4-10-17(18(16)22(24)25)21-12-5-8-15(11-13-21)14-6-2-1-3-7-14/h1-4,6-7,9-10,15H,5,8,11-13H2,(H2,20,23)/t15-/m1/s1. The fraction of sp³-hybridized carbons (Fsp3) is 0.316. The van der Waals surface area contributed by atoms with E-state index >= 15 is 0 Å². The lowest BCUT2D eigenvalue weighted by atomic mass is 9.92. The highest BCUT2D eigenvalue weighted by Crippen LogP contribution is 2.35. The van der Waals surface area contributed by atoms with Crippen molar-refractivity contribution in [3.05, 3.63) is 69.8 Å². The molecule has 2 aromatic carbocycles. The van der Waals surface area contributed by atoms with Gasteiger partial charge < -0.3 is 10.6 Å². The first-order valence-corrected chi connectivity index (χ1v) is 8.45. The molecule has 0 radical (unpaired) electrons. The van der Waals surface area contributed by atoms with Gasteiger partial charge in [0.1, 0.15) is 11.3 Å². The topological polar surface area (TPSA) is 89.5 Å². The van der Waals surface area contributed by atoms with E-state index < -0.39 is 10.8 Å². The Kier molecular flexibility index (Phi) is 4.97. The van der Waals surface area contributed by atoms with E-state index in [1.165, 1.54) is 11.6 Å². The molecule has 3 rings (SSSR count). The molecule has 1 amide bonds. The largest absolute Gasteiger partial charge is 0.366 e. The van der Waals surface area contributed by atoms with Gasteiger partial charge in [-0.25, -0.2) is 0 Å². The predicted octanol–water partition coefficient (Wildman–Crippen LogP) is 3.47. The van der Waals surface area contributed by atoms with Crippen LogP contribution in [-0.4, -0.2) is 23.9 Å². The van der Waals surface area contributed by atoms with E-state index in [1.54, 1.807) is 12.1 Å². The molecule has 2 N–H and O–H groups in total. The zero-order valence-corrected chi connectivity index (χ0v) is 13.9. The van der Waals surface area contributed by atoms with Crippen molar-refractivity contribution in [2.45, 2.75) is 25.2 Å². The van der Waals surface area contributed by atoms with Gasteiger partial charge in [-0.2, -0.15) is 0 Å². The molecular weight excluding hydrogens is 318 g/mol. The molecule has 1 heterocycles. The highest BCUT2D eigenvalue weighted by atomic mass is 16.6. The third-order valence-electron chi connectivity index (χ3n) is 4.80. The summed E-state index contributed by atoms with van der Waals surface area (Å²) in [5, 5.41) is 11.5. The van der Waals surface area contributed by atoms with E-state index in [0.717, 1.165) is 25.8 Å². The number of benzene rings is 2. The van der Waals surface area contributed by atoms with Gasteiger partial charge in [0, 0.05) is 13.1 Å². The van der Waals surface area contributed by atoms with Crippen LogP contribution in [0.4, 0.5) is 11.4 Å². The number of anilines is 1. The highest BCUT2D eigenvalue weighted by Gasteiger charge is 2.28. The van der Waals surface area contributed by atoms with Crippen LogP contribution in [0.5, 0.6) is 0 Å². The monoisotopic (exact) mass is 339 g/mol. The van der Waals surface area contributed by atoms with Crippen molar-refractivity contribution < 1.29 is 9.72 Å². The molecule has 1 fully saturated rings. The van der Waals surface area contributed by atoms with Crippen molar-refractivity contribution in [2.75, 3.05) is 18.0 Å². The molecule has 0 aromatic heterocycles. The van der Waals surface area contributed by atoms with Gasteiger partial charge in [0.25, 0.3) is 5.91 Å². The molecule has 1 aliphatic rings. The number of nitrogens with two attached hydrogens (primary N) is 1. The maximum absolute atomic E-state index is 11.6. The molecule has 1 atom stereocenters. The summed E-state index contributed by atoms with van der Waals surface area (Å²) < 4.78 is 0. The summed E-state index contributed by atoms with van der Waals surface area (Å²) in [5.41, 5.74) is 6.89. The number of para-hydroxylation sites is 1. The van der Waals surface area contributed by atoms with Crippen molar-refractivity contribution in [1.29, 1.82) is 0 Å². The number of primary amides is 1. The van der Waals surface area contributed by atoms with Crippen LogP contribution < -0.4 is 10.6 Å². The van der Waals surface area contributed by atoms with Crippen LogP contribution in [0.25, 0.3) is 0 Å². The lowest BCUT2D eigenvalue weighted by molar-refractivity contribution is -0.384. The second-order valence-corrected chi connectivity index (χ2v) is 6.32. The van der Waals surface area contributed by atoms with Crippen LogP contribution in [0.2, 0.25) is 0 Å². The summed E-state index contributed by atoms with van der Waals surface area (Å²) in [6, 6.07) is 15.1. The Bertz CT molecular complexity index is 777. The maximum atomic E-state index is 11.6. The number of nitro groups is 1. The second kappa shape index (κ2) is 7.34. The van der Waals surface area contributed by atoms with Gasteiger partial charge in [-0.15, -0.1) is 0 Å². The minimum Gasteiger partial charge on any atom is -0.366 e. The number of carbonyl (C=O) groups is 1. The molecule has 0 unspecified atom stereocenters. The fourth-order valence-corrected chi connectivity index (χ4v) is 3.57. The Hall–Kier alpha value is -2.89. The number of nitrogens with zero attached hydrogens (tertiary/aromatic N) is 2. The van der Waals surface area contributed by atoms with Gasteiger partial charge in [0.05, 0.1) is 4.92 Å². The first-order chi connectivity index (χ1) is 12.1. The first-order valence-electron chi connectivity index (χ1n) is 8.45. The lowest BCUT2D eigenvalue weighted by Crippen LogP contribution is -2.26. The van der Waals surface area contributed by atoms with E-state index in [-0.39, 0.29) is 11.3 Å².